The average molecular weight is 254 g/mol. The van der Waals surface area contributed by atoms with Crippen LogP contribution in [0.15, 0.2) is 24.3 Å². The standard InChI is InChI=1S/C13H16ClNO2/c1-2-17-12(16)13(7-4-8-15-13)10-5-3-6-11(14)9-10/h3,5-6,9,15H,2,4,7-8H2,1H3. The van der Waals surface area contributed by atoms with E-state index in [2.05, 4.69) is 5.32 Å². The summed E-state index contributed by atoms with van der Waals surface area (Å²) in [6.07, 6.45) is 1.72. The number of carbonyl (C=O) groups is 1. The number of benzene rings is 1. The summed E-state index contributed by atoms with van der Waals surface area (Å²) in [4.78, 5) is 12.2. The first-order valence-corrected chi connectivity index (χ1v) is 6.25. The van der Waals surface area contributed by atoms with Gasteiger partial charge in [0.25, 0.3) is 0 Å². The van der Waals surface area contributed by atoms with Crippen molar-refractivity contribution in [2.24, 2.45) is 0 Å². The molecule has 0 amide bonds. The van der Waals surface area contributed by atoms with Gasteiger partial charge in [0.05, 0.1) is 6.61 Å². The van der Waals surface area contributed by atoms with Crippen LogP contribution in [0, 0.1) is 0 Å². The van der Waals surface area contributed by atoms with Crippen LogP contribution in [0.3, 0.4) is 0 Å². The third-order valence-corrected chi connectivity index (χ3v) is 3.33. The molecule has 92 valence electrons. The van der Waals surface area contributed by atoms with Crippen molar-refractivity contribution in [2.45, 2.75) is 25.3 Å². The Morgan fingerprint density at radius 3 is 3.00 bits per heavy atom. The highest BCUT2D eigenvalue weighted by Gasteiger charge is 2.44. The van der Waals surface area contributed by atoms with Crippen LogP contribution in [0.2, 0.25) is 5.02 Å². The van der Waals surface area contributed by atoms with Crippen molar-refractivity contribution in [1.82, 2.24) is 5.32 Å². The van der Waals surface area contributed by atoms with E-state index in [1.165, 1.54) is 0 Å². The van der Waals surface area contributed by atoms with Gasteiger partial charge in [0.1, 0.15) is 5.54 Å². The van der Waals surface area contributed by atoms with Gasteiger partial charge in [-0.1, -0.05) is 23.7 Å². The van der Waals surface area contributed by atoms with E-state index in [9.17, 15) is 4.79 Å². The lowest BCUT2D eigenvalue weighted by Gasteiger charge is -2.27. The maximum atomic E-state index is 12.2. The van der Waals surface area contributed by atoms with Gasteiger partial charge in [-0.05, 0) is 44.0 Å². The molecule has 1 atom stereocenters. The fraction of sp³-hybridized carbons (Fsp3) is 0.462. The Balaban J connectivity index is 2.37. The molecule has 4 heteroatoms. The van der Waals surface area contributed by atoms with Crippen LogP contribution in [0.5, 0.6) is 0 Å². The van der Waals surface area contributed by atoms with Gasteiger partial charge in [0.15, 0.2) is 0 Å². The number of carbonyl (C=O) groups excluding carboxylic acids is 1. The number of halogens is 1. The van der Waals surface area contributed by atoms with E-state index in [4.69, 9.17) is 16.3 Å². The lowest BCUT2D eigenvalue weighted by Crippen LogP contribution is -2.45. The fourth-order valence-electron chi connectivity index (χ4n) is 2.29. The predicted molar refractivity (Wildman–Crippen MR) is 67.0 cm³/mol. The van der Waals surface area contributed by atoms with Gasteiger partial charge in [0, 0.05) is 5.02 Å². The minimum atomic E-state index is -0.707. The smallest absolute Gasteiger partial charge is 0.330 e. The van der Waals surface area contributed by atoms with E-state index < -0.39 is 5.54 Å². The Labute approximate surface area is 106 Å². The maximum absolute atomic E-state index is 12.2. The minimum absolute atomic E-state index is 0.209. The summed E-state index contributed by atoms with van der Waals surface area (Å²) >= 11 is 5.99. The van der Waals surface area contributed by atoms with Crippen molar-refractivity contribution in [1.29, 1.82) is 0 Å². The SMILES string of the molecule is CCOC(=O)C1(c2cccc(Cl)c2)CCCN1. The predicted octanol–water partition coefficient (Wildman–Crippen LogP) is 2.48. The zero-order valence-corrected chi connectivity index (χ0v) is 10.6. The van der Waals surface area contributed by atoms with Gasteiger partial charge in [-0.15, -0.1) is 0 Å². The number of hydrogen-bond acceptors (Lipinski definition) is 3. The molecule has 0 bridgehead atoms. The highest BCUT2D eigenvalue weighted by molar-refractivity contribution is 6.30. The van der Waals surface area contributed by atoms with Crippen molar-refractivity contribution >= 4 is 17.6 Å². The second-order valence-corrected chi connectivity index (χ2v) is 4.60. The molecule has 2 rings (SSSR count). The van der Waals surface area contributed by atoms with Crippen molar-refractivity contribution in [3.05, 3.63) is 34.9 Å². The first-order chi connectivity index (χ1) is 8.19. The van der Waals surface area contributed by atoms with E-state index in [-0.39, 0.29) is 5.97 Å². The molecule has 1 heterocycles. The third-order valence-electron chi connectivity index (χ3n) is 3.10. The molecule has 0 radical (unpaired) electrons. The minimum Gasteiger partial charge on any atom is -0.464 e. The summed E-state index contributed by atoms with van der Waals surface area (Å²) < 4.78 is 5.18. The topological polar surface area (TPSA) is 38.3 Å². The van der Waals surface area contributed by atoms with Crippen LogP contribution in [0.25, 0.3) is 0 Å². The van der Waals surface area contributed by atoms with E-state index in [1.807, 2.05) is 25.1 Å². The molecule has 0 aromatic heterocycles. The second-order valence-electron chi connectivity index (χ2n) is 4.17. The van der Waals surface area contributed by atoms with Gasteiger partial charge in [-0.2, -0.15) is 0 Å². The summed E-state index contributed by atoms with van der Waals surface area (Å²) in [6, 6.07) is 7.41. The monoisotopic (exact) mass is 253 g/mol. The molecule has 1 saturated heterocycles. The summed E-state index contributed by atoms with van der Waals surface area (Å²) in [5.74, 6) is -0.209. The molecule has 3 nitrogen and oxygen atoms in total. The molecule has 1 aliphatic rings. The van der Waals surface area contributed by atoms with Crippen molar-refractivity contribution in [3.8, 4) is 0 Å². The Hall–Kier alpha value is -1.06. The van der Waals surface area contributed by atoms with Gasteiger partial charge in [-0.25, -0.2) is 4.79 Å². The molecular formula is C13H16ClNO2. The molecule has 0 spiro atoms. The quantitative estimate of drug-likeness (QED) is 0.841. The molecule has 17 heavy (non-hydrogen) atoms. The van der Waals surface area contributed by atoms with Gasteiger partial charge in [-0.3, -0.25) is 5.32 Å². The summed E-state index contributed by atoms with van der Waals surface area (Å²) in [6.45, 7) is 3.03. The Morgan fingerprint density at radius 1 is 1.59 bits per heavy atom. The Bertz CT molecular complexity index is 414. The zero-order chi connectivity index (χ0) is 12.3. The average Bonchev–Trinajstić information content (AvgIpc) is 2.79. The number of nitrogens with one attached hydrogen (secondary N) is 1. The van der Waals surface area contributed by atoms with Crippen LogP contribution in [-0.4, -0.2) is 19.1 Å². The van der Waals surface area contributed by atoms with Crippen LogP contribution in [-0.2, 0) is 15.1 Å². The van der Waals surface area contributed by atoms with Crippen molar-refractivity contribution in [3.63, 3.8) is 0 Å². The van der Waals surface area contributed by atoms with E-state index in [1.54, 1.807) is 6.07 Å². The molecule has 0 aliphatic carbocycles. The van der Waals surface area contributed by atoms with Crippen molar-refractivity contribution < 1.29 is 9.53 Å². The zero-order valence-electron chi connectivity index (χ0n) is 9.83. The molecule has 1 unspecified atom stereocenters. The van der Waals surface area contributed by atoms with Crippen LogP contribution >= 0.6 is 11.6 Å². The Morgan fingerprint density at radius 2 is 2.41 bits per heavy atom. The summed E-state index contributed by atoms with van der Waals surface area (Å²) in [7, 11) is 0. The van der Waals surface area contributed by atoms with Gasteiger partial charge >= 0.3 is 5.97 Å². The van der Waals surface area contributed by atoms with Crippen LogP contribution in [0.4, 0.5) is 0 Å². The van der Waals surface area contributed by atoms with Crippen LogP contribution < -0.4 is 5.32 Å². The molecule has 1 aromatic rings. The van der Waals surface area contributed by atoms with E-state index in [0.29, 0.717) is 11.6 Å². The molecule has 1 fully saturated rings. The maximum Gasteiger partial charge on any atom is 0.330 e. The first kappa shape index (κ1) is 12.4. The lowest BCUT2D eigenvalue weighted by atomic mass is 9.88. The van der Waals surface area contributed by atoms with Gasteiger partial charge in [0.2, 0.25) is 0 Å². The van der Waals surface area contributed by atoms with Crippen LogP contribution in [0.1, 0.15) is 25.3 Å². The normalized spacial score (nSPS) is 23.6. The number of rotatable bonds is 3. The lowest BCUT2D eigenvalue weighted by molar-refractivity contribution is -0.151. The number of hydrogen-bond donors (Lipinski definition) is 1. The van der Waals surface area contributed by atoms with Gasteiger partial charge < -0.3 is 4.74 Å². The molecule has 1 aliphatic heterocycles. The number of esters is 1. The molecule has 1 N–H and O–H groups in total. The number of ether oxygens (including phenoxy) is 1. The first-order valence-electron chi connectivity index (χ1n) is 5.87. The van der Waals surface area contributed by atoms with E-state index in [0.717, 1.165) is 24.9 Å². The highest BCUT2D eigenvalue weighted by Crippen LogP contribution is 2.33. The fourth-order valence-corrected chi connectivity index (χ4v) is 2.48. The second kappa shape index (κ2) is 5.07. The summed E-state index contributed by atoms with van der Waals surface area (Å²) in [5, 5.41) is 3.90. The van der Waals surface area contributed by atoms with Crippen molar-refractivity contribution in [2.75, 3.05) is 13.2 Å². The largest absolute Gasteiger partial charge is 0.464 e. The molecule has 0 saturated carbocycles. The summed E-state index contributed by atoms with van der Waals surface area (Å²) in [5.41, 5.74) is 0.182. The van der Waals surface area contributed by atoms with E-state index >= 15 is 0 Å². The molecule has 1 aromatic carbocycles. The highest BCUT2D eigenvalue weighted by atomic mass is 35.5. The Kier molecular flexibility index (Phi) is 3.69. The molecular weight excluding hydrogens is 238 g/mol. The third kappa shape index (κ3) is 2.31.